The molecule has 0 spiro atoms. The summed E-state index contributed by atoms with van der Waals surface area (Å²) in [6, 6.07) is 0. The summed E-state index contributed by atoms with van der Waals surface area (Å²) in [5.41, 5.74) is 2.07. The Morgan fingerprint density at radius 3 is 2.94 bits per heavy atom. The maximum absolute atomic E-state index is 11.9. The molecule has 0 bridgehead atoms. The Morgan fingerprint density at radius 1 is 1.56 bits per heavy atom. The molecule has 2 aliphatic rings. The van der Waals surface area contributed by atoms with E-state index >= 15 is 0 Å². The molecule has 0 aliphatic carbocycles. The van der Waals surface area contributed by atoms with Crippen LogP contribution in [-0.2, 0) is 9.53 Å². The van der Waals surface area contributed by atoms with Gasteiger partial charge in [-0.15, -0.1) is 0 Å². The maximum atomic E-state index is 11.9. The van der Waals surface area contributed by atoms with Crippen LogP contribution in [0.5, 0.6) is 0 Å². The van der Waals surface area contributed by atoms with Crippen LogP contribution in [0.1, 0.15) is 13.8 Å². The van der Waals surface area contributed by atoms with Crippen molar-refractivity contribution >= 4 is 5.91 Å². The molecular formula is C13H23N3O2. The highest BCUT2D eigenvalue weighted by atomic mass is 16.5. The molecule has 0 aromatic rings. The first kappa shape index (κ1) is 13.5. The Bertz CT molecular complexity index is 335. The van der Waals surface area contributed by atoms with Gasteiger partial charge in [-0.3, -0.25) is 9.69 Å². The van der Waals surface area contributed by atoms with E-state index in [1.165, 1.54) is 5.57 Å². The van der Waals surface area contributed by atoms with E-state index in [-0.39, 0.29) is 12.0 Å². The molecule has 18 heavy (non-hydrogen) atoms. The fourth-order valence-electron chi connectivity index (χ4n) is 2.21. The van der Waals surface area contributed by atoms with Gasteiger partial charge in [0.25, 0.3) is 0 Å². The van der Waals surface area contributed by atoms with E-state index in [1.54, 1.807) is 0 Å². The molecule has 2 N–H and O–H groups in total. The minimum Gasteiger partial charge on any atom is -0.374 e. The summed E-state index contributed by atoms with van der Waals surface area (Å²) in [5.74, 6) is 0.0451. The first-order chi connectivity index (χ1) is 8.70. The van der Waals surface area contributed by atoms with E-state index < -0.39 is 0 Å². The van der Waals surface area contributed by atoms with Gasteiger partial charge < -0.3 is 15.4 Å². The first-order valence-corrected chi connectivity index (χ1v) is 6.72. The predicted molar refractivity (Wildman–Crippen MR) is 70.4 cm³/mol. The van der Waals surface area contributed by atoms with Gasteiger partial charge in [-0.05, 0) is 19.0 Å². The molecule has 102 valence electrons. The van der Waals surface area contributed by atoms with E-state index in [2.05, 4.69) is 22.5 Å². The number of carbonyl (C=O) groups is 1. The highest BCUT2D eigenvalue weighted by Crippen LogP contribution is 2.09. The van der Waals surface area contributed by atoms with Gasteiger partial charge in [-0.2, -0.15) is 0 Å². The quantitative estimate of drug-likeness (QED) is 0.678. The molecule has 0 aromatic heterocycles. The standard InChI is InChI=1S/C13H23N3O2/c1-3-16-4-5-18-12(9-16)8-15-13(17)10(2)11-6-14-7-11/h12,14H,3-9H2,1-2H3,(H,15,17). The van der Waals surface area contributed by atoms with Crippen molar-refractivity contribution in [1.29, 1.82) is 0 Å². The van der Waals surface area contributed by atoms with Crippen LogP contribution < -0.4 is 10.6 Å². The topological polar surface area (TPSA) is 53.6 Å². The van der Waals surface area contributed by atoms with Crippen LogP contribution in [0.4, 0.5) is 0 Å². The molecule has 1 atom stereocenters. The second kappa shape index (κ2) is 6.31. The predicted octanol–water partition coefficient (Wildman–Crippen LogP) is -0.257. The average Bonchev–Trinajstić information content (AvgIpc) is 2.34. The Labute approximate surface area is 109 Å². The van der Waals surface area contributed by atoms with Crippen molar-refractivity contribution in [3.8, 4) is 0 Å². The molecule has 2 rings (SSSR count). The molecule has 5 nitrogen and oxygen atoms in total. The number of rotatable bonds is 4. The molecule has 5 heteroatoms. The van der Waals surface area contributed by atoms with Gasteiger partial charge in [0.1, 0.15) is 0 Å². The van der Waals surface area contributed by atoms with E-state index in [9.17, 15) is 4.79 Å². The largest absolute Gasteiger partial charge is 0.374 e. The number of morpholine rings is 1. The van der Waals surface area contributed by atoms with Gasteiger partial charge in [0.05, 0.1) is 12.7 Å². The fourth-order valence-corrected chi connectivity index (χ4v) is 2.21. The monoisotopic (exact) mass is 253 g/mol. The molecule has 2 heterocycles. The minimum atomic E-state index is 0.0451. The Kier molecular flexibility index (Phi) is 4.74. The lowest BCUT2D eigenvalue weighted by Gasteiger charge is -2.32. The van der Waals surface area contributed by atoms with Crippen molar-refractivity contribution in [2.75, 3.05) is 45.9 Å². The molecule has 0 radical (unpaired) electrons. The van der Waals surface area contributed by atoms with Gasteiger partial charge in [-0.1, -0.05) is 6.92 Å². The molecule has 1 unspecified atom stereocenters. The average molecular weight is 253 g/mol. The third-order valence-electron chi connectivity index (χ3n) is 3.71. The van der Waals surface area contributed by atoms with Gasteiger partial charge in [-0.25, -0.2) is 0 Å². The summed E-state index contributed by atoms with van der Waals surface area (Å²) < 4.78 is 5.66. The number of likely N-dealkylation sites (N-methyl/N-ethyl adjacent to an activating group) is 1. The first-order valence-electron chi connectivity index (χ1n) is 6.72. The van der Waals surface area contributed by atoms with Crippen molar-refractivity contribution in [3.63, 3.8) is 0 Å². The summed E-state index contributed by atoms with van der Waals surface area (Å²) in [6.07, 6.45) is 0.125. The third kappa shape index (κ3) is 3.31. The summed E-state index contributed by atoms with van der Waals surface area (Å²) in [5, 5.41) is 6.12. The van der Waals surface area contributed by atoms with Crippen LogP contribution in [0.25, 0.3) is 0 Å². The van der Waals surface area contributed by atoms with E-state index in [0.29, 0.717) is 6.54 Å². The highest BCUT2D eigenvalue weighted by molar-refractivity contribution is 5.93. The van der Waals surface area contributed by atoms with Gasteiger partial charge >= 0.3 is 0 Å². The van der Waals surface area contributed by atoms with Gasteiger partial charge in [0, 0.05) is 38.3 Å². The molecule has 2 fully saturated rings. The lowest BCUT2D eigenvalue weighted by Crippen LogP contribution is -2.47. The smallest absolute Gasteiger partial charge is 0.247 e. The summed E-state index contributed by atoms with van der Waals surface area (Å²) in [7, 11) is 0. The summed E-state index contributed by atoms with van der Waals surface area (Å²) in [6.45, 7) is 10.1. The second-order valence-electron chi connectivity index (χ2n) is 4.93. The zero-order chi connectivity index (χ0) is 13.0. The minimum absolute atomic E-state index is 0.0451. The number of ether oxygens (including phenoxy) is 1. The van der Waals surface area contributed by atoms with E-state index in [0.717, 1.165) is 44.9 Å². The van der Waals surface area contributed by atoms with Gasteiger partial charge in [0.2, 0.25) is 5.91 Å². The molecule has 0 saturated carbocycles. The summed E-state index contributed by atoms with van der Waals surface area (Å²) in [4.78, 5) is 14.3. The highest BCUT2D eigenvalue weighted by Gasteiger charge is 2.21. The van der Waals surface area contributed by atoms with Crippen molar-refractivity contribution in [2.45, 2.75) is 20.0 Å². The van der Waals surface area contributed by atoms with Crippen molar-refractivity contribution in [1.82, 2.24) is 15.5 Å². The third-order valence-corrected chi connectivity index (χ3v) is 3.71. The van der Waals surface area contributed by atoms with Gasteiger partial charge in [0.15, 0.2) is 0 Å². The number of hydrogen-bond donors (Lipinski definition) is 2. The summed E-state index contributed by atoms with van der Waals surface area (Å²) >= 11 is 0. The fraction of sp³-hybridized carbons (Fsp3) is 0.769. The van der Waals surface area contributed by atoms with Crippen LogP contribution in [0.2, 0.25) is 0 Å². The SMILES string of the molecule is CCN1CCOC(CNC(=O)C(C)=C2CNC2)C1. The number of hydrogen-bond acceptors (Lipinski definition) is 4. The second-order valence-corrected chi connectivity index (χ2v) is 4.93. The van der Waals surface area contributed by atoms with Crippen molar-refractivity contribution in [3.05, 3.63) is 11.1 Å². The number of nitrogens with one attached hydrogen (secondary N) is 2. The van der Waals surface area contributed by atoms with E-state index in [4.69, 9.17) is 4.74 Å². The lowest BCUT2D eigenvalue weighted by atomic mass is 10.0. The van der Waals surface area contributed by atoms with E-state index in [1.807, 2.05) is 6.92 Å². The number of carbonyl (C=O) groups excluding carboxylic acids is 1. The van der Waals surface area contributed by atoms with Crippen LogP contribution >= 0.6 is 0 Å². The lowest BCUT2D eigenvalue weighted by molar-refractivity contribution is -0.118. The molecule has 0 aromatic carbocycles. The maximum Gasteiger partial charge on any atom is 0.247 e. The normalized spacial score (nSPS) is 24.6. The Morgan fingerprint density at radius 2 is 2.33 bits per heavy atom. The molecular weight excluding hydrogens is 230 g/mol. The Hall–Kier alpha value is -0.910. The van der Waals surface area contributed by atoms with Crippen molar-refractivity contribution in [2.24, 2.45) is 0 Å². The zero-order valence-corrected chi connectivity index (χ0v) is 11.3. The van der Waals surface area contributed by atoms with Crippen LogP contribution in [0, 0.1) is 0 Å². The Balaban J connectivity index is 1.75. The van der Waals surface area contributed by atoms with Crippen LogP contribution in [0.15, 0.2) is 11.1 Å². The van der Waals surface area contributed by atoms with Crippen LogP contribution in [-0.4, -0.2) is 62.8 Å². The zero-order valence-electron chi connectivity index (χ0n) is 11.3. The molecule has 2 aliphatic heterocycles. The van der Waals surface area contributed by atoms with Crippen LogP contribution in [0.3, 0.4) is 0 Å². The molecule has 2 saturated heterocycles. The molecule has 1 amide bonds. The van der Waals surface area contributed by atoms with Crippen molar-refractivity contribution < 1.29 is 9.53 Å². The number of nitrogens with zero attached hydrogens (tertiary/aromatic N) is 1. The number of amides is 1.